The average Bonchev–Trinajstić information content (AvgIpc) is 2.48. The number of piperidine rings is 2. The number of hydrogen-bond acceptors (Lipinski definition) is 3. The molecular formula is C16H31N3. The van der Waals surface area contributed by atoms with Crippen LogP contribution in [0.1, 0.15) is 44.9 Å². The van der Waals surface area contributed by atoms with Crippen molar-refractivity contribution in [1.29, 1.82) is 0 Å². The van der Waals surface area contributed by atoms with Crippen LogP contribution in [0.2, 0.25) is 0 Å². The standard InChI is InChI=1S/C16H31N3/c1-18-10-7-16(13-17,8-11-18)19-9-6-14-4-2-3-5-15(14)12-19/h14-15H,2-13,17H2,1H3. The SMILES string of the molecule is CN1CCC(CN)(N2CCC3CCCCC3C2)CC1. The van der Waals surface area contributed by atoms with Crippen LogP contribution in [0.15, 0.2) is 0 Å². The Morgan fingerprint density at radius 2 is 1.68 bits per heavy atom. The normalized spacial score (nSPS) is 36.9. The van der Waals surface area contributed by atoms with E-state index in [-0.39, 0.29) is 0 Å². The van der Waals surface area contributed by atoms with Crippen molar-refractivity contribution in [2.75, 3.05) is 39.8 Å². The Morgan fingerprint density at radius 3 is 2.37 bits per heavy atom. The molecule has 3 nitrogen and oxygen atoms in total. The molecule has 0 amide bonds. The van der Waals surface area contributed by atoms with E-state index in [0.717, 1.165) is 18.4 Å². The highest BCUT2D eigenvalue weighted by Crippen LogP contribution is 2.40. The Hall–Kier alpha value is -0.120. The van der Waals surface area contributed by atoms with Crippen molar-refractivity contribution in [3.63, 3.8) is 0 Å². The number of nitrogens with zero attached hydrogens (tertiary/aromatic N) is 2. The Morgan fingerprint density at radius 1 is 1.00 bits per heavy atom. The lowest BCUT2D eigenvalue weighted by molar-refractivity contribution is -0.0223. The van der Waals surface area contributed by atoms with E-state index in [1.165, 1.54) is 71.1 Å². The van der Waals surface area contributed by atoms with E-state index in [1.807, 2.05) is 0 Å². The fourth-order valence-corrected chi connectivity index (χ4v) is 4.72. The smallest absolute Gasteiger partial charge is 0.0356 e. The van der Waals surface area contributed by atoms with Gasteiger partial charge < -0.3 is 10.6 Å². The van der Waals surface area contributed by atoms with Crippen LogP contribution in [0.5, 0.6) is 0 Å². The number of likely N-dealkylation sites (tertiary alicyclic amines) is 2. The zero-order chi connectivity index (χ0) is 13.3. The van der Waals surface area contributed by atoms with Crippen LogP contribution < -0.4 is 5.73 Å². The third-order valence-corrected chi connectivity index (χ3v) is 6.26. The summed E-state index contributed by atoms with van der Waals surface area (Å²) in [6.07, 6.45) is 9.90. The first-order valence-corrected chi connectivity index (χ1v) is 8.37. The van der Waals surface area contributed by atoms with E-state index >= 15 is 0 Å². The molecule has 2 aliphatic heterocycles. The third kappa shape index (κ3) is 2.70. The van der Waals surface area contributed by atoms with Gasteiger partial charge in [0.15, 0.2) is 0 Å². The van der Waals surface area contributed by atoms with Crippen molar-refractivity contribution in [3.05, 3.63) is 0 Å². The second kappa shape index (κ2) is 5.71. The van der Waals surface area contributed by atoms with Crippen LogP contribution in [0, 0.1) is 11.8 Å². The minimum atomic E-state index is 0.328. The van der Waals surface area contributed by atoms with E-state index in [1.54, 1.807) is 0 Å². The lowest BCUT2D eigenvalue weighted by atomic mass is 9.73. The molecule has 3 fully saturated rings. The number of nitrogens with two attached hydrogens (primary N) is 1. The molecule has 2 saturated heterocycles. The fourth-order valence-electron chi connectivity index (χ4n) is 4.72. The van der Waals surface area contributed by atoms with Gasteiger partial charge >= 0.3 is 0 Å². The molecule has 2 unspecified atom stereocenters. The van der Waals surface area contributed by atoms with Gasteiger partial charge in [-0.25, -0.2) is 0 Å². The molecule has 1 saturated carbocycles. The molecule has 0 aromatic heterocycles. The molecular weight excluding hydrogens is 234 g/mol. The minimum absolute atomic E-state index is 0.328. The van der Waals surface area contributed by atoms with Crippen molar-refractivity contribution < 1.29 is 0 Å². The van der Waals surface area contributed by atoms with Crippen LogP contribution in [0.4, 0.5) is 0 Å². The molecule has 2 atom stereocenters. The van der Waals surface area contributed by atoms with Crippen LogP contribution >= 0.6 is 0 Å². The Kier molecular flexibility index (Phi) is 4.16. The molecule has 3 heteroatoms. The van der Waals surface area contributed by atoms with E-state index in [4.69, 9.17) is 5.73 Å². The second-order valence-electron chi connectivity index (χ2n) is 7.27. The Balaban J connectivity index is 1.67. The van der Waals surface area contributed by atoms with E-state index < -0.39 is 0 Å². The van der Waals surface area contributed by atoms with Gasteiger partial charge in [-0.1, -0.05) is 19.3 Å². The van der Waals surface area contributed by atoms with Gasteiger partial charge in [-0.05, 0) is 64.2 Å². The molecule has 110 valence electrons. The van der Waals surface area contributed by atoms with Gasteiger partial charge in [-0.3, -0.25) is 4.90 Å². The summed E-state index contributed by atoms with van der Waals surface area (Å²) in [5, 5.41) is 0. The molecule has 2 N–H and O–H groups in total. The first-order valence-electron chi connectivity index (χ1n) is 8.37. The zero-order valence-corrected chi connectivity index (χ0v) is 12.6. The molecule has 2 heterocycles. The molecule has 3 aliphatic rings. The zero-order valence-electron chi connectivity index (χ0n) is 12.6. The molecule has 0 aromatic rings. The maximum Gasteiger partial charge on any atom is 0.0356 e. The first kappa shape index (κ1) is 13.8. The van der Waals surface area contributed by atoms with Crippen LogP contribution in [-0.2, 0) is 0 Å². The highest BCUT2D eigenvalue weighted by molar-refractivity contribution is 4.99. The summed E-state index contributed by atoms with van der Waals surface area (Å²) in [6.45, 7) is 5.95. The first-order chi connectivity index (χ1) is 9.23. The summed E-state index contributed by atoms with van der Waals surface area (Å²) < 4.78 is 0. The van der Waals surface area contributed by atoms with Gasteiger partial charge in [0.25, 0.3) is 0 Å². The van der Waals surface area contributed by atoms with Crippen LogP contribution in [0.3, 0.4) is 0 Å². The van der Waals surface area contributed by atoms with Crippen molar-refractivity contribution in [3.8, 4) is 0 Å². The fraction of sp³-hybridized carbons (Fsp3) is 1.00. The maximum atomic E-state index is 6.22. The summed E-state index contributed by atoms with van der Waals surface area (Å²) in [4.78, 5) is 5.26. The maximum absolute atomic E-state index is 6.22. The lowest BCUT2D eigenvalue weighted by Gasteiger charge is -2.53. The van der Waals surface area contributed by atoms with E-state index in [2.05, 4.69) is 16.8 Å². The highest BCUT2D eigenvalue weighted by Gasteiger charge is 2.42. The van der Waals surface area contributed by atoms with Gasteiger partial charge in [-0.15, -0.1) is 0 Å². The predicted octanol–water partition coefficient (Wildman–Crippen LogP) is 1.92. The summed E-state index contributed by atoms with van der Waals surface area (Å²) in [6, 6.07) is 0. The van der Waals surface area contributed by atoms with Gasteiger partial charge in [0.1, 0.15) is 0 Å². The molecule has 0 spiro atoms. The number of fused-ring (bicyclic) bond motifs is 1. The van der Waals surface area contributed by atoms with Crippen LogP contribution in [0.25, 0.3) is 0 Å². The quantitative estimate of drug-likeness (QED) is 0.828. The van der Waals surface area contributed by atoms with Crippen molar-refractivity contribution in [1.82, 2.24) is 9.80 Å². The van der Waals surface area contributed by atoms with Gasteiger partial charge in [0.2, 0.25) is 0 Å². The van der Waals surface area contributed by atoms with Crippen molar-refractivity contribution >= 4 is 0 Å². The molecule has 0 bridgehead atoms. The van der Waals surface area contributed by atoms with Crippen molar-refractivity contribution in [2.45, 2.75) is 50.5 Å². The Labute approximate surface area is 118 Å². The summed E-state index contributed by atoms with van der Waals surface area (Å²) >= 11 is 0. The van der Waals surface area contributed by atoms with Gasteiger partial charge in [0, 0.05) is 18.6 Å². The molecule has 0 radical (unpaired) electrons. The van der Waals surface area contributed by atoms with Gasteiger partial charge in [-0.2, -0.15) is 0 Å². The molecule has 1 aliphatic carbocycles. The monoisotopic (exact) mass is 265 g/mol. The van der Waals surface area contributed by atoms with Crippen molar-refractivity contribution in [2.24, 2.45) is 17.6 Å². The largest absolute Gasteiger partial charge is 0.329 e. The highest BCUT2D eigenvalue weighted by atomic mass is 15.2. The summed E-state index contributed by atoms with van der Waals surface area (Å²) in [5.74, 6) is 2.01. The number of hydrogen-bond donors (Lipinski definition) is 1. The minimum Gasteiger partial charge on any atom is -0.329 e. The molecule has 0 aromatic carbocycles. The predicted molar refractivity (Wildman–Crippen MR) is 80.2 cm³/mol. The van der Waals surface area contributed by atoms with Gasteiger partial charge in [0.05, 0.1) is 0 Å². The summed E-state index contributed by atoms with van der Waals surface area (Å²) in [7, 11) is 2.24. The average molecular weight is 265 g/mol. The third-order valence-electron chi connectivity index (χ3n) is 6.26. The lowest BCUT2D eigenvalue weighted by Crippen LogP contribution is -2.62. The topological polar surface area (TPSA) is 32.5 Å². The molecule has 19 heavy (non-hydrogen) atoms. The van der Waals surface area contributed by atoms with E-state index in [0.29, 0.717) is 5.54 Å². The number of rotatable bonds is 2. The van der Waals surface area contributed by atoms with E-state index in [9.17, 15) is 0 Å². The Bertz CT molecular complexity index is 296. The van der Waals surface area contributed by atoms with Crippen LogP contribution in [-0.4, -0.2) is 55.1 Å². The molecule has 3 rings (SSSR count). The summed E-state index contributed by atoms with van der Waals surface area (Å²) in [5.41, 5.74) is 6.55. The second-order valence-corrected chi connectivity index (χ2v) is 7.27.